The molecule has 3 aliphatic rings. The smallest absolute Gasteiger partial charge is 0.342 e. The maximum atomic E-state index is 13.9. The van der Waals surface area contributed by atoms with Crippen molar-refractivity contribution in [3.63, 3.8) is 0 Å². The van der Waals surface area contributed by atoms with Crippen molar-refractivity contribution >= 4 is 41.1 Å². The third-order valence-corrected chi connectivity index (χ3v) is 13.8. The molecule has 0 amide bonds. The van der Waals surface area contributed by atoms with Gasteiger partial charge in [-0.1, -0.05) is 86.9 Å². The van der Waals surface area contributed by atoms with E-state index in [1.54, 1.807) is 53.7 Å². The molecule has 4 rings (SSSR count). The fraction of sp³-hybridized carbons (Fsp3) is 0.635. The van der Waals surface area contributed by atoms with Crippen LogP contribution in [-0.4, -0.2) is 153 Å². The van der Waals surface area contributed by atoms with E-state index in [0.29, 0.717) is 23.1 Å². The second-order valence-electron chi connectivity index (χ2n) is 19.4. The van der Waals surface area contributed by atoms with E-state index in [9.17, 15) is 50.1 Å². The van der Waals surface area contributed by atoms with E-state index in [0.717, 1.165) is 0 Å². The zero-order valence-electron chi connectivity index (χ0n) is 43.0. The van der Waals surface area contributed by atoms with Crippen LogP contribution in [-0.2, 0) is 53.9 Å². The van der Waals surface area contributed by atoms with E-state index in [-0.39, 0.29) is 35.4 Å². The molecule has 18 nitrogen and oxygen atoms in total. The maximum Gasteiger partial charge on any atom is 0.342 e. The molecule has 0 spiro atoms. The van der Waals surface area contributed by atoms with E-state index in [1.807, 2.05) is 32.9 Å². The molecule has 7 N–H and O–H groups in total. The number of aliphatic hydroxyl groups excluding tert-OH is 5. The van der Waals surface area contributed by atoms with E-state index >= 15 is 0 Å². The molecule has 0 aromatic heterocycles. The Morgan fingerprint density at radius 2 is 1.57 bits per heavy atom. The summed E-state index contributed by atoms with van der Waals surface area (Å²) in [6.07, 6.45) is -5.45. The van der Waals surface area contributed by atoms with Crippen LogP contribution in [0.3, 0.4) is 0 Å². The number of phenols is 2. The Balaban J connectivity index is 1.61. The van der Waals surface area contributed by atoms with Gasteiger partial charge in [0.25, 0.3) is 0 Å². The van der Waals surface area contributed by atoms with Crippen LogP contribution in [0.2, 0.25) is 10.0 Å². The highest BCUT2D eigenvalue weighted by Crippen LogP contribution is 2.45. The Kier molecular flexibility index (Phi) is 22.4. The van der Waals surface area contributed by atoms with Crippen LogP contribution in [0.15, 0.2) is 58.7 Å². The van der Waals surface area contributed by atoms with E-state index in [4.69, 9.17) is 61.1 Å². The Morgan fingerprint density at radius 3 is 2.17 bits per heavy atom. The van der Waals surface area contributed by atoms with Gasteiger partial charge in [0.2, 0.25) is 0 Å². The van der Waals surface area contributed by atoms with Gasteiger partial charge in [0.15, 0.2) is 36.3 Å². The predicted molar refractivity (Wildman–Crippen MR) is 265 cm³/mol. The molecule has 0 radical (unpaired) electrons. The highest BCUT2D eigenvalue weighted by atomic mass is 35.5. The first-order valence-electron chi connectivity index (χ1n) is 24.2. The van der Waals surface area contributed by atoms with Crippen LogP contribution >= 0.6 is 23.2 Å². The quantitative estimate of drug-likeness (QED) is 0.0655. The molecule has 404 valence electrons. The van der Waals surface area contributed by atoms with Gasteiger partial charge in [-0.05, 0) is 90.5 Å². The second kappa shape index (κ2) is 26.5. The number of ether oxygens (including phenoxy) is 8. The fourth-order valence-corrected chi connectivity index (χ4v) is 9.16. The third kappa shape index (κ3) is 14.7. The molecule has 1 aromatic carbocycles. The van der Waals surface area contributed by atoms with Crippen LogP contribution < -0.4 is 0 Å². The number of halogens is 2. The normalized spacial score (nSPS) is 34.8. The lowest BCUT2D eigenvalue weighted by Crippen LogP contribution is -2.64. The molecule has 0 unspecified atom stereocenters. The van der Waals surface area contributed by atoms with Gasteiger partial charge in [0, 0.05) is 19.4 Å². The topological polar surface area (TPSA) is 267 Å². The molecule has 2 fully saturated rings. The summed E-state index contributed by atoms with van der Waals surface area (Å²) in [5.41, 5.74) is 0.318. The first-order valence-corrected chi connectivity index (χ1v) is 24.9. The molecule has 20 heteroatoms. The average molecular weight is 1060 g/mol. The lowest BCUT2D eigenvalue weighted by molar-refractivity contribution is -0.333. The van der Waals surface area contributed by atoms with Crippen molar-refractivity contribution in [3.05, 3.63) is 79.9 Å². The van der Waals surface area contributed by atoms with Crippen molar-refractivity contribution in [1.29, 1.82) is 0 Å². The fourth-order valence-electron chi connectivity index (χ4n) is 8.60. The minimum Gasteiger partial charge on any atom is -0.505 e. The summed E-state index contributed by atoms with van der Waals surface area (Å²) in [4.78, 5) is 40.0. The summed E-state index contributed by atoms with van der Waals surface area (Å²) in [6.45, 7) is 18.1. The van der Waals surface area contributed by atoms with Crippen molar-refractivity contribution in [2.45, 2.75) is 187 Å². The minimum absolute atomic E-state index is 0.0372. The van der Waals surface area contributed by atoms with Crippen LogP contribution in [0.5, 0.6) is 11.5 Å². The van der Waals surface area contributed by atoms with Gasteiger partial charge in [-0.3, -0.25) is 4.79 Å². The van der Waals surface area contributed by atoms with E-state index in [2.05, 4.69) is 0 Å². The SMILES string of the molecule is CCc1c(Cl)c(O)c(Cl)c(O)c1C(=O)O[C@H]1[C@H](O)[C@H](OC)[C@H](OC/C2=C\C=C\C[C@H](O)/C(C)=C\[C@H](CC)[C@@H](O[C@@H]3OC(C)(C)[C@@H](OC(=O)C(C)C)[C@H](O)[C@@H]3O)/C(C)=C\C(C)=C/C[C@@H]([C@@H](C)O)OC2=O)O[C@@H]1C. The van der Waals surface area contributed by atoms with Crippen molar-refractivity contribution in [1.82, 2.24) is 0 Å². The number of aromatic hydroxyl groups is 2. The molecular formula is C52H74Cl2O18. The van der Waals surface area contributed by atoms with E-state index in [1.165, 1.54) is 33.1 Å². The standard InChI is InChI=1S/C52H74Cl2O18/c1-13-30-22-26(6)33(56)18-16-15-17-31(23-66-51-45(65-12)42(61)44(29(9)67-51)69-49(64)35-32(14-2)36(53)39(58)37(54)38(35)57)48(63)68-34(28(8)55)20-19-25(5)21-27(7)43(30)70-50-41(60)40(59)46(52(10,11)72-50)71-47(62)24(3)4/h15-17,19,21-22,24,28-30,33-34,40-46,50-51,55-61H,13-14,18,20,23H2,1-12H3/b16-15+,25-19-,26-22-,27-21-,31-17+/t28-,29-,30+,33+,34+,40-,41+,42+,43+,44-,45+,46+,50-,51-/m1/s1. The first kappa shape index (κ1) is 60.7. The van der Waals surface area contributed by atoms with Gasteiger partial charge < -0.3 is 73.6 Å². The Hall–Kier alpha value is -3.89. The van der Waals surface area contributed by atoms with E-state index < -0.39 is 144 Å². The summed E-state index contributed by atoms with van der Waals surface area (Å²) in [7, 11) is 1.26. The average Bonchev–Trinajstić information content (AvgIpc) is 3.32. The maximum absolute atomic E-state index is 13.9. The number of aliphatic hydroxyl groups is 5. The summed E-state index contributed by atoms with van der Waals surface area (Å²) >= 11 is 12.3. The second-order valence-corrected chi connectivity index (χ2v) is 20.1. The number of cyclic esters (lactones) is 1. The van der Waals surface area contributed by atoms with Gasteiger partial charge in [-0.25, -0.2) is 9.59 Å². The van der Waals surface area contributed by atoms with Gasteiger partial charge >= 0.3 is 17.9 Å². The highest BCUT2D eigenvalue weighted by molar-refractivity contribution is 6.39. The largest absolute Gasteiger partial charge is 0.505 e. The van der Waals surface area contributed by atoms with Crippen LogP contribution in [0.4, 0.5) is 0 Å². The molecule has 3 aliphatic heterocycles. The third-order valence-electron chi connectivity index (χ3n) is 13.0. The number of allylic oxidation sites excluding steroid dienone is 4. The Bertz CT molecular complexity index is 2220. The molecule has 3 heterocycles. The van der Waals surface area contributed by atoms with Crippen molar-refractivity contribution in [2.24, 2.45) is 11.8 Å². The zero-order valence-corrected chi connectivity index (χ0v) is 44.5. The van der Waals surface area contributed by atoms with Crippen LogP contribution in [0.25, 0.3) is 0 Å². The molecule has 0 aliphatic carbocycles. The van der Waals surface area contributed by atoms with Gasteiger partial charge in [-0.2, -0.15) is 0 Å². The first-order chi connectivity index (χ1) is 33.7. The number of carbonyl (C=O) groups is 3. The minimum atomic E-state index is -1.61. The number of hydrogen-bond acceptors (Lipinski definition) is 18. The molecule has 1 aromatic rings. The lowest BCUT2D eigenvalue weighted by Gasteiger charge is -2.47. The number of phenolic OH excluding ortho intramolecular Hbond substituents is 2. The summed E-state index contributed by atoms with van der Waals surface area (Å²) in [5.74, 6) is -4.78. The Morgan fingerprint density at radius 1 is 0.903 bits per heavy atom. The number of carbonyl (C=O) groups excluding carboxylic acids is 3. The number of hydrogen-bond donors (Lipinski definition) is 7. The number of benzene rings is 1. The highest BCUT2D eigenvalue weighted by Gasteiger charge is 2.53. The number of rotatable bonds is 13. The van der Waals surface area contributed by atoms with Gasteiger partial charge in [0.1, 0.15) is 46.7 Å². The molecule has 14 atom stereocenters. The zero-order chi connectivity index (χ0) is 54.1. The molecule has 72 heavy (non-hydrogen) atoms. The van der Waals surface area contributed by atoms with Gasteiger partial charge in [-0.15, -0.1) is 0 Å². The number of esters is 3. The molecule has 0 bridgehead atoms. The van der Waals surface area contributed by atoms with Gasteiger partial charge in [0.05, 0.1) is 47.5 Å². The Labute approximate surface area is 431 Å². The summed E-state index contributed by atoms with van der Waals surface area (Å²) < 4.78 is 47.5. The van der Waals surface area contributed by atoms with Crippen molar-refractivity contribution in [2.75, 3.05) is 13.7 Å². The molecule has 2 saturated heterocycles. The lowest BCUT2D eigenvalue weighted by atomic mass is 9.88. The molecular weight excluding hydrogens is 983 g/mol. The van der Waals surface area contributed by atoms with Crippen LogP contribution in [0.1, 0.15) is 111 Å². The van der Waals surface area contributed by atoms with Crippen LogP contribution in [0, 0.1) is 11.8 Å². The molecule has 0 saturated carbocycles. The number of methoxy groups -OCH3 is 1. The summed E-state index contributed by atoms with van der Waals surface area (Å²) in [5, 5.41) is 76.5. The predicted octanol–water partition coefficient (Wildman–Crippen LogP) is 6.23. The monoisotopic (exact) mass is 1060 g/mol. The van der Waals surface area contributed by atoms with Crippen molar-refractivity contribution in [3.8, 4) is 11.5 Å². The summed E-state index contributed by atoms with van der Waals surface area (Å²) in [6, 6.07) is 0. The van der Waals surface area contributed by atoms with Crippen molar-refractivity contribution < 1.29 is 88.0 Å².